The number of ketones is 3. The van der Waals surface area contributed by atoms with Crippen LogP contribution in [0, 0.1) is 17.5 Å². The average Bonchev–Trinajstić information content (AvgIpc) is 1.60. The minimum absolute atomic E-state index is 0.00586. The van der Waals surface area contributed by atoms with E-state index in [1.165, 1.54) is 131 Å². The van der Waals surface area contributed by atoms with Gasteiger partial charge in [0.05, 0.1) is 74.9 Å². The number of halogens is 12. The van der Waals surface area contributed by atoms with Gasteiger partial charge in [-0.05, 0) is 224 Å². The number of nitrogens with zero attached hydrogens (tertiary/aromatic N) is 7. The highest BCUT2D eigenvalue weighted by Crippen LogP contribution is 2.55. The highest BCUT2D eigenvalue weighted by molar-refractivity contribution is 5.98. The molecule has 35 heteroatoms. The molecule has 0 unspecified atom stereocenters. The number of rotatable bonds is 29. The zero-order valence-electron chi connectivity index (χ0n) is 69.6. The smallest absolute Gasteiger partial charge is 0.422 e. The van der Waals surface area contributed by atoms with Gasteiger partial charge in [-0.2, -0.15) is 39.5 Å². The fraction of sp³-hybridized carbons (Fsp3) is 0.355. The molecule has 6 aliphatic rings. The molecule has 3 aliphatic carbocycles. The number of Topliss-reactive ketones (excluding diaryl/α,β-unsaturated/α-hetero) is 3. The molecule has 5 aromatic heterocycles. The van der Waals surface area contributed by atoms with Gasteiger partial charge in [-0.25, -0.2) is 38.1 Å². The minimum atomic E-state index is -5.21. The Bertz CT molecular complexity index is 5700. The van der Waals surface area contributed by atoms with Crippen molar-refractivity contribution in [1.82, 2.24) is 34.1 Å². The van der Waals surface area contributed by atoms with Crippen LogP contribution in [0.1, 0.15) is 163 Å². The summed E-state index contributed by atoms with van der Waals surface area (Å²) in [5, 5.41) is 34.0. The summed E-state index contributed by atoms with van der Waals surface area (Å²) in [6.45, 7) is 5.16. The molecule has 3 aliphatic heterocycles. The van der Waals surface area contributed by atoms with Crippen molar-refractivity contribution in [3.63, 3.8) is 0 Å². The summed E-state index contributed by atoms with van der Waals surface area (Å²) in [5.41, 5.74) is -7.49. The third-order valence-corrected chi connectivity index (χ3v) is 23.4. The number of benzene rings is 6. The monoisotopic (exact) mass is 1780 g/mol. The molecule has 0 radical (unpaired) electrons. The van der Waals surface area contributed by atoms with Gasteiger partial charge in [0.2, 0.25) is 16.8 Å². The van der Waals surface area contributed by atoms with Gasteiger partial charge in [-0.1, -0.05) is 0 Å². The molecular weight excluding hydrogens is 1700 g/mol. The first-order valence-electron chi connectivity index (χ1n) is 40.8. The summed E-state index contributed by atoms with van der Waals surface area (Å²) in [5.74, 6) is -0.766. The van der Waals surface area contributed by atoms with E-state index in [4.69, 9.17) is 48.4 Å². The number of carbonyl (C=O) groups is 3. The minimum Gasteiger partial charge on any atom is -0.493 e. The highest BCUT2D eigenvalue weighted by atomic mass is 19.4. The van der Waals surface area contributed by atoms with Crippen LogP contribution >= 0.6 is 0 Å². The number of aromatic nitrogens is 7. The second-order valence-corrected chi connectivity index (χ2v) is 32.9. The Kier molecular flexibility index (Phi) is 24.6. The predicted octanol–water partition coefficient (Wildman–Crippen LogP) is 17.8. The molecule has 5 N–H and O–H groups in total. The lowest BCUT2D eigenvalue weighted by Crippen LogP contribution is -2.44. The van der Waals surface area contributed by atoms with Crippen LogP contribution in [0.15, 0.2) is 183 Å². The van der Waals surface area contributed by atoms with E-state index >= 15 is 0 Å². The average molecular weight is 1780 g/mol. The maximum absolute atomic E-state index is 14.8. The number of pyridine rings is 3. The van der Waals surface area contributed by atoms with Gasteiger partial charge in [0, 0.05) is 94.1 Å². The fourth-order valence-electron chi connectivity index (χ4n) is 15.2. The lowest BCUT2D eigenvalue weighted by Gasteiger charge is -2.32. The molecule has 6 atom stereocenters. The summed E-state index contributed by atoms with van der Waals surface area (Å²) < 4.78 is 228. The molecule has 11 aromatic rings. The van der Waals surface area contributed by atoms with Crippen molar-refractivity contribution in [2.75, 3.05) is 41.2 Å². The number of alkyl halides is 9. The Morgan fingerprint density at radius 1 is 0.414 bits per heavy atom. The number of ether oxygens (including phenoxy) is 9. The topological polar surface area (TPSA) is 295 Å². The van der Waals surface area contributed by atoms with Gasteiger partial charge in [-0.3, -0.25) is 14.4 Å². The predicted molar refractivity (Wildman–Crippen MR) is 437 cm³/mol. The van der Waals surface area contributed by atoms with E-state index in [-0.39, 0.29) is 118 Å². The van der Waals surface area contributed by atoms with Gasteiger partial charge in [0.25, 0.3) is 0 Å². The van der Waals surface area contributed by atoms with Crippen LogP contribution in [-0.4, -0.2) is 145 Å². The first-order valence-corrected chi connectivity index (χ1v) is 40.8. The number of carbonyl (C=O) groups excluding carboxylic acids is 3. The summed E-state index contributed by atoms with van der Waals surface area (Å²) >= 11 is 0. The number of hydrogen-bond donors (Lipinski definition) is 4. The van der Waals surface area contributed by atoms with Gasteiger partial charge in [-0.15, -0.1) is 0 Å². The molecule has 0 spiro atoms. The van der Waals surface area contributed by atoms with Crippen LogP contribution in [-0.2, 0) is 33.4 Å². The first-order chi connectivity index (χ1) is 60.7. The second kappa shape index (κ2) is 34.9. The largest absolute Gasteiger partial charge is 0.493 e. The third-order valence-electron chi connectivity index (χ3n) is 23.4. The maximum Gasteiger partial charge on any atom is 0.422 e. The lowest BCUT2D eigenvalue weighted by molar-refractivity contribution is -0.270. The summed E-state index contributed by atoms with van der Waals surface area (Å²) in [6.07, 6.45) is -5.49. The highest BCUT2D eigenvalue weighted by Gasteiger charge is 2.60. The van der Waals surface area contributed by atoms with Crippen molar-refractivity contribution in [3.05, 3.63) is 251 Å². The fourth-order valence-corrected chi connectivity index (χ4v) is 15.2. The Balaban J connectivity index is 0.000000148. The van der Waals surface area contributed by atoms with E-state index < -0.39 is 142 Å². The quantitative estimate of drug-likeness (QED) is 0.0250. The van der Waals surface area contributed by atoms with Crippen LogP contribution in [0.2, 0.25) is 0 Å². The molecule has 8 heterocycles. The van der Waals surface area contributed by atoms with Crippen molar-refractivity contribution >= 4 is 17.3 Å². The molecule has 6 aromatic carbocycles. The van der Waals surface area contributed by atoms with Crippen LogP contribution in [0.3, 0.4) is 0 Å². The number of nitrogens with two attached hydrogens (primary N) is 1. The summed E-state index contributed by atoms with van der Waals surface area (Å²) in [7, 11) is 4.22. The second-order valence-electron chi connectivity index (χ2n) is 32.9. The van der Waals surface area contributed by atoms with E-state index in [9.17, 15) is 82.4 Å². The van der Waals surface area contributed by atoms with Crippen molar-refractivity contribution < 1.29 is 125 Å². The van der Waals surface area contributed by atoms with E-state index in [1.54, 1.807) is 60.5 Å². The zero-order valence-corrected chi connectivity index (χ0v) is 69.6. The number of hydrogen-bond acceptors (Lipinski definition) is 21. The molecule has 672 valence electrons. The first kappa shape index (κ1) is 90.2. The van der Waals surface area contributed by atoms with Crippen LogP contribution in [0.4, 0.5) is 52.7 Å². The Labute approximate surface area is 724 Å². The zero-order chi connectivity index (χ0) is 91.4. The number of methoxy groups -OCH3 is 3. The number of imidazole rings is 2. The van der Waals surface area contributed by atoms with Gasteiger partial charge >= 0.3 is 18.5 Å². The van der Waals surface area contributed by atoms with Crippen LogP contribution in [0.5, 0.6) is 51.7 Å². The van der Waals surface area contributed by atoms with E-state index in [1.807, 2.05) is 0 Å². The SMILES string of the molecule is COc1cc(C(=O)CC[C@](O)(c2cc3c(c(-c4ccc(F)cc4)n2)OC[C@]3(C)N)C(F)(F)F)ccc1OC1CC1.COc1cc(C(=O)CC[C@](O)(c2cc3c(c(-c4ccc(F)cc4)n2)OC[C@]3(C)n2ccnc2)C(F)(F)F)ccc1OC1CC1.COc1cc(C(=O)CC[C@](O)(c2cc3c(c(-c4ccc(F)cc4)n2)OC[C@]3(C)n2ccnc2)C(F)(F)F)ccc1OC1CC1. The molecule has 17 rings (SSSR count). The summed E-state index contributed by atoms with van der Waals surface area (Å²) in [4.78, 5) is 60.1. The molecular formula is C93H86F12N8O15. The molecule has 3 fully saturated rings. The summed E-state index contributed by atoms with van der Waals surface area (Å²) in [6, 6.07) is 31.7. The molecule has 23 nitrogen and oxygen atoms in total. The van der Waals surface area contributed by atoms with Crippen LogP contribution in [0.25, 0.3) is 33.8 Å². The Morgan fingerprint density at radius 3 is 0.961 bits per heavy atom. The van der Waals surface area contributed by atoms with Crippen molar-refractivity contribution in [1.29, 1.82) is 0 Å². The molecule has 0 saturated heterocycles. The molecule has 0 amide bonds. The maximum atomic E-state index is 14.8. The van der Waals surface area contributed by atoms with Gasteiger partial charge in [0.1, 0.15) is 65.4 Å². The van der Waals surface area contributed by atoms with Gasteiger partial charge < -0.3 is 72.8 Å². The number of aliphatic hydroxyl groups is 3. The standard InChI is InChI=1S/2C32H29F4N3O5.C29H28F4N2O5/c2*1-30(39-14-13-37-18-39)17-43-29-23(30)16-27(38-28(29)19-3-6-21(33)7-4-19)31(41,32(34,35)36)12-11-24(40)20-5-10-25(26(15-20)42-2)44-22-8-9-22;1-27(34)15-39-26-20(27)14-24(35-25(26)16-3-6-18(30)7-4-16)28(37,29(31,32)33)12-11-21(36)17-5-10-22(23(13-17)38-2)40-19-8-9-19/h2*3-7,10,13-16,18,22,41H,8-9,11-12,17H2,1-2H3;3-7,10,13-14,19,37H,8-9,11-12,15,34H2,1-2H3/t2*30-,31-;27-,28-/m000/s1. The number of fused-ring (bicyclic) bond motifs is 3. The van der Waals surface area contributed by atoms with Crippen molar-refractivity contribution in [3.8, 4) is 85.5 Å². The van der Waals surface area contributed by atoms with E-state index in [2.05, 4.69) is 24.9 Å². The van der Waals surface area contributed by atoms with E-state index in [0.29, 0.717) is 39.5 Å². The Morgan fingerprint density at radius 2 is 0.695 bits per heavy atom. The third kappa shape index (κ3) is 18.2. The molecule has 3 saturated carbocycles. The lowest BCUT2D eigenvalue weighted by atomic mass is 9.85. The van der Waals surface area contributed by atoms with Crippen LogP contribution < -0.4 is 48.4 Å². The van der Waals surface area contributed by atoms with Crippen molar-refractivity contribution in [2.45, 2.75) is 168 Å². The normalized spacial score (nSPS) is 19.4. The van der Waals surface area contributed by atoms with E-state index in [0.717, 1.165) is 81.0 Å². The molecule has 0 bridgehead atoms. The van der Waals surface area contributed by atoms with Gasteiger partial charge in [0.15, 0.2) is 69.1 Å². The Hall–Kier alpha value is -12.6. The van der Waals surface area contributed by atoms with Crippen molar-refractivity contribution in [2.24, 2.45) is 5.73 Å². The molecule has 128 heavy (non-hydrogen) atoms.